The quantitative estimate of drug-likeness (QED) is 0.856. The number of piperidine rings is 1. The second-order valence-electron chi connectivity index (χ2n) is 5.41. The van der Waals surface area contributed by atoms with Gasteiger partial charge in [-0.05, 0) is 45.2 Å². The van der Waals surface area contributed by atoms with Crippen LogP contribution in [0.4, 0.5) is 5.95 Å². The van der Waals surface area contributed by atoms with Crippen LogP contribution in [0.5, 0.6) is 0 Å². The zero-order chi connectivity index (χ0) is 13.7. The summed E-state index contributed by atoms with van der Waals surface area (Å²) in [6.07, 6.45) is 5.80. The predicted molar refractivity (Wildman–Crippen MR) is 80.8 cm³/mol. The van der Waals surface area contributed by atoms with Crippen molar-refractivity contribution in [1.29, 1.82) is 0 Å². The maximum absolute atomic E-state index is 4.78. The Morgan fingerprint density at radius 3 is 2.58 bits per heavy atom. The van der Waals surface area contributed by atoms with Crippen LogP contribution in [0.2, 0.25) is 0 Å². The lowest BCUT2D eigenvalue weighted by atomic mass is 9.97. The van der Waals surface area contributed by atoms with Gasteiger partial charge in [0.15, 0.2) is 0 Å². The maximum Gasteiger partial charge on any atom is 0.205 e. The minimum atomic E-state index is 0.840. The van der Waals surface area contributed by atoms with Crippen molar-refractivity contribution in [2.45, 2.75) is 46.6 Å². The SMILES string of the molecule is CCNCC1CCN(c2nc(CC)cn2CC)CC1. The van der Waals surface area contributed by atoms with Gasteiger partial charge in [0.25, 0.3) is 0 Å². The third-order valence-electron chi connectivity index (χ3n) is 4.09. The van der Waals surface area contributed by atoms with Crippen LogP contribution in [0.3, 0.4) is 0 Å². The van der Waals surface area contributed by atoms with Gasteiger partial charge in [0.1, 0.15) is 0 Å². The number of hydrogen-bond donors (Lipinski definition) is 1. The molecule has 0 unspecified atom stereocenters. The molecule has 0 bridgehead atoms. The Hall–Kier alpha value is -1.03. The van der Waals surface area contributed by atoms with Gasteiger partial charge < -0.3 is 14.8 Å². The van der Waals surface area contributed by atoms with Crippen LogP contribution in [-0.4, -0.2) is 35.7 Å². The highest BCUT2D eigenvalue weighted by molar-refractivity contribution is 5.34. The molecule has 0 spiro atoms. The largest absolute Gasteiger partial charge is 0.342 e. The molecule has 1 aliphatic heterocycles. The number of rotatable bonds is 6. The summed E-state index contributed by atoms with van der Waals surface area (Å²) in [6.45, 7) is 12.1. The number of aryl methyl sites for hydroxylation is 2. The van der Waals surface area contributed by atoms with E-state index in [1.165, 1.54) is 31.0 Å². The molecule has 19 heavy (non-hydrogen) atoms. The molecule has 0 aromatic carbocycles. The number of aromatic nitrogens is 2. The van der Waals surface area contributed by atoms with Gasteiger partial charge in [-0.1, -0.05) is 13.8 Å². The van der Waals surface area contributed by atoms with Crippen LogP contribution >= 0.6 is 0 Å². The van der Waals surface area contributed by atoms with Crippen LogP contribution in [0.15, 0.2) is 6.20 Å². The first-order valence-electron chi connectivity index (χ1n) is 7.80. The molecular weight excluding hydrogens is 236 g/mol. The van der Waals surface area contributed by atoms with Crippen molar-refractivity contribution in [3.05, 3.63) is 11.9 Å². The van der Waals surface area contributed by atoms with Gasteiger partial charge in [-0.3, -0.25) is 0 Å². The highest BCUT2D eigenvalue weighted by atomic mass is 15.3. The van der Waals surface area contributed by atoms with E-state index in [2.05, 4.69) is 41.8 Å². The zero-order valence-electron chi connectivity index (χ0n) is 12.7. The van der Waals surface area contributed by atoms with Gasteiger partial charge in [0.2, 0.25) is 5.95 Å². The fourth-order valence-corrected chi connectivity index (χ4v) is 2.80. The van der Waals surface area contributed by atoms with Crippen molar-refractivity contribution in [2.24, 2.45) is 5.92 Å². The molecule has 4 heteroatoms. The fourth-order valence-electron chi connectivity index (χ4n) is 2.80. The number of nitrogens with one attached hydrogen (secondary N) is 1. The topological polar surface area (TPSA) is 33.1 Å². The number of anilines is 1. The summed E-state index contributed by atoms with van der Waals surface area (Å²) >= 11 is 0. The van der Waals surface area contributed by atoms with Gasteiger partial charge in [0, 0.05) is 25.8 Å². The van der Waals surface area contributed by atoms with Crippen LogP contribution in [-0.2, 0) is 13.0 Å². The lowest BCUT2D eigenvalue weighted by Crippen LogP contribution is -2.38. The van der Waals surface area contributed by atoms with E-state index in [9.17, 15) is 0 Å². The third kappa shape index (κ3) is 3.50. The molecule has 2 rings (SSSR count). The van der Waals surface area contributed by atoms with Crippen molar-refractivity contribution in [1.82, 2.24) is 14.9 Å². The summed E-state index contributed by atoms with van der Waals surface area (Å²) in [7, 11) is 0. The first-order chi connectivity index (χ1) is 9.28. The van der Waals surface area contributed by atoms with Crippen LogP contribution in [0.1, 0.15) is 39.3 Å². The van der Waals surface area contributed by atoms with Crippen molar-refractivity contribution in [2.75, 3.05) is 31.1 Å². The first-order valence-corrected chi connectivity index (χ1v) is 7.80. The number of hydrogen-bond acceptors (Lipinski definition) is 3. The molecule has 0 saturated carbocycles. The smallest absolute Gasteiger partial charge is 0.205 e. The highest BCUT2D eigenvalue weighted by Gasteiger charge is 2.22. The minimum Gasteiger partial charge on any atom is -0.342 e. The Labute approximate surface area is 117 Å². The molecule has 0 atom stereocenters. The fraction of sp³-hybridized carbons (Fsp3) is 0.800. The molecule has 1 N–H and O–H groups in total. The normalized spacial score (nSPS) is 17.1. The average Bonchev–Trinajstić information content (AvgIpc) is 2.89. The monoisotopic (exact) mass is 264 g/mol. The number of nitrogens with zero attached hydrogens (tertiary/aromatic N) is 3. The summed E-state index contributed by atoms with van der Waals surface area (Å²) < 4.78 is 2.30. The molecule has 2 heterocycles. The summed E-state index contributed by atoms with van der Waals surface area (Å²) in [5.41, 5.74) is 1.21. The van der Waals surface area contributed by atoms with Gasteiger partial charge in [-0.2, -0.15) is 0 Å². The molecule has 1 saturated heterocycles. The van der Waals surface area contributed by atoms with Crippen LogP contribution in [0, 0.1) is 5.92 Å². The predicted octanol–water partition coefficient (Wildman–Crippen LogP) is 2.29. The Morgan fingerprint density at radius 1 is 1.26 bits per heavy atom. The highest BCUT2D eigenvalue weighted by Crippen LogP contribution is 2.23. The van der Waals surface area contributed by atoms with E-state index in [-0.39, 0.29) is 0 Å². The van der Waals surface area contributed by atoms with E-state index >= 15 is 0 Å². The van der Waals surface area contributed by atoms with Crippen LogP contribution < -0.4 is 10.2 Å². The summed E-state index contributed by atoms with van der Waals surface area (Å²) in [6, 6.07) is 0. The Morgan fingerprint density at radius 2 is 2.00 bits per heavy atom. The average molecular weight is 264 g/mol. The molecule has 1 fully saturated rings. The Balaban J connectivity index is 1.95. The maximum atomic E-state index is 4.78. The van der Waals surface area contributed by atoms with E-state index in [0.717, 1.165) is 38.5 Å². The summed E-state index contributed by atoms with van der Waals surface area (Å²) in [5, 5.41) is 3.47. The van der Waals surface area contributed by atoms with Gasteiger partial charge in [0.05, 0.1) is 5.69 Å². The lowest BCUT2D eigenvalue weighted by molar-refractivity contribution is 0.382. The first kappa shape index (κ1) is 14.4. The van der Waals surface area contributed by atoms with Crippen molar-refractivity contribution >= 4 is 5.95 Å². The molecule has 0 radical (unpaired) electrons. The van der Waals surface area contributed by atoms with E-state index in [0.29, 0.717) is 0 Å². The van der Waals surface area contributed by atoms with E-state index in [1.54, 1.807) is 0 Å². The second-order valence-corrected chi connectivity index (χ2v) is 5.41. The van der Waals surface area contributed by atoms with E-state index in [1.807, 2.05) is 0 Å². The van der Waals surface area contributed by atoms with Gasteiger partial charge >= 0.3 is 0 Å². The van der Waals surface area contributed by atoms with E-state index < -0.39 is 0 Å². The Kier molecular flexibility index (Phi) is 5.25. The molecule has 0 aliphatic carbocycles. The second kappa shape index (κ2) is 6.94. The van der Waals surface area contributed by atoms with Crippen LogP contribution in [0.25, 0.3) is 0 Å². The lowest BCUT2D eigenvalue weighted by Gasteiger charge is -2.33. The van der Waals surface area contributed by atoms with Crippen molar-refractivity contribution in [3.8, 4) is 0 Å². The summed E-state index contributed by atoms with van der Waals surface area (Å²) in [5.74, 6) is 2.02. The van der Waals surface area contributed by atoms with Crippen molar-refractivity contribution in [3.63, 3.8) is 0 Å². The van der Waals surface area contributed by atoms with Gasteiger partial charge in [-0.25, -0.2) is 4.98 Å². The standard InChI is InChI=1S/C15H28N4/c1-4-14-12-18(6-3)15(17-14)19-9-7-13(8-10-19)11-16-5-2/h12-13,16H,4-11H2,1-3H3. The summed E-state index contributed by atoms with van der Waals surface area (Å²) in [4.78, 5) is 7.25. The van der Waals surface area contributed by atoms with Crippen molar-refractivity contribution < 1.29 is 0 Å². The molecule has 1 aromatic heterocycles. The zero-order valence-corrected chi connectivity index (χ0v) is 12.7. The molecule has 1 aliphatic rings. The van der Waals surface area contributed by atoms with Gasteiger partial charge in [-0.15, -0.1) is 0 Å². The molecule has 4 nitrogen and oxygen atoms in total. The molecule has 1 aromatic rings. The molecular formula is C15H28N4. The molecule has 108 valence electrons. The third-order valence-corrected chi connectivity index (χ3v) is 4.09. The molecule has 0 amide bonds. The number of imidazole rings is 1. The Bertz CT molecular complexity index is 377. The van der Waals surface area contributed by atoms with E-state index in [4.69, 9.17) is 4.98 Å². The minimum absolute atomic E-state index is 0.840.